The average molecular weight is 2580 g/mol. The number of aryl methyl sites for hydroxylation is 5. The first-order chi connectivity index (χ1) is 67.1. The molecule has 0 spiro atoms. The van der Waals surface area contributed by atoms with Crippen molar-refractivity contribution in [2.24, 2.45) is 17.8 Å². The molecule has 0 unspecified atom stereocenters. The van der Waals surface area contributed by atoms with Gasteiger partial charge in [0.15, 0.2) is 11.6 Å². The molecule has 12 aliphatic rings. The maximum Gasteiger partial charge on any atom is 0.162 e. The number of aliphatic hydroxyl groups excluding tert-OH is 2. The first-order valence-corrected chi connectivity index (χ1v) is 50.5. The summed E-state index contributed by atoms with van der Waals surface area (Å²) >= 11 is 0. The summed E-state index contributed by atoms with van der Waals surface area (Å²) in [6.45, 7) is 21.4. The zero-order chi connectivity index (χ0) is 95.9. The zero-order valence-electron chi connectivity index (χ0n) is 83.4. The number of benzene rings is 10. The molecule has 142 heavy (non-hydrogen) atoms. The van der Waals surface area contributed by atoms with Gasteiger partial charge in [-0.1, -0.05) is 128 Å². The van der Waals surface area contributed by atoms with E-state index < -0.39 is 0 Å². The second kappa shape index (κ2) is 51.1. The first kappa shape index (κ1) is 108. The van der Waals surface area contributed by atoms with Gasteiger partial charge >= 0.3 is 0 Å². The van der Waals surface area contributed by atoms with E-state index in [2.05, 4.69) is 208 Å². The molecule has 4 saturated carbocycles. The molecule has 0 atom stereocenters. The maximum atomic E-state index is 11.7. The number of ketones is 2. The molecular formula is C128H128Ir4N6O4-6. The number of rotatable bonds is 14. The second-order valence-electron chi connectivity index (χ2n) is 39.3. The average Bonchev–Trinajstić information content (AvgIpc) is 0.755. The fourth-order valence-electron chi connectivity index (χ4n) is 22.3. The van der Waals surface area contributed by atoms with E-state index in [0.29, 0.717) is 0 Å². The van der Waals surface area contributed by atoms with Crippen LogP contribution in [0.15, 0.2) is 285 Å². The van der Waals surface area contributed by atoms with E-state index in [4.69, 9.17) is 25.0 Å². The molecule has 16 aromatic rings. The molecular weight excluding hydrogens is 2450 g/mol. The van der Waals surface area contributed by atoms with Gasteiger partial charge in [0.1, 0.15) is 0 Å². The van der Waals surface area contributed by atoms with E-state index in [-0.39, 0.29) is 115 Å². The Bertz CT molecular complexity index is 6790. The largest absolute Gasteiger partial charge is 0.512 e. The summed E-state index contributed by atoms with van der Waals surface area (Å²) in [6, 6.07) is 109. The number of aromatic nitrogens is 6. The smallest absolute Gasteiger partial charge is 0.162 e. The van der Waals surface area contributed by atoms with Crippen molar-refractivity contribution < 1.29 is 100 Å². The van der Waals surface area contributed by atoms with E-state index in [1.54, 1.807) is 50.7 Å². The van der Waals surface area contributed by atoms with Gasteiger partial charge in [-0.15, -0.1) is 213 Å². The molecule has 0 saturated heterocycles. The van der Waals surface area contributed by atoms with Crippen LogP contribution in [0.5, 0.6) is 0 Å². The number of carbonyl (C=O) groups is 2. The Labute approximate surface area is 895 Å². The number of pyridine rings is 6. The zero-order valence-corrected chi connectivity index (χ0v) is 93.0. The number of hydrogen-bond acceptors (Lipinski definition) is 10. The number of allylic oxidation sites excluding steroid dienone is 4. The maximum absolute atomic E-state index is 11.7. The Morgan fingerprint density at radius 3 is 1.01 bits per heavy atom. The van der Waals surface area contributed by atoms with Gasteiger partial charge in [0.2, 0.25) is 0 Å². The Kier molecular flexibility index (Phi) is 39.0. The minimum atomic E-state index is -0.125. The Balaban J connectivity index is 0.000000139. The van der Waals surface area contributed by atoms with Gasteiger partial charge in [-0.05, 0) is 351 Å². The van der Waals surface area contributed by atoms with Gasteiger partial charge in [0, 0.05) is 116 Å². The van der Waals surface area contributed by atoms with Crippen LogP contribution in [0.25, 0.3) is 111 Å². The fraction of sp³-hybridized carbons (Fsp3) is 0.312. The number of carbonyl (C=O) groups excluding carboxylic acids is 2. The summed E-state index contributed by atoms with van der Waals surface area (Å²) < 4.78 is 0. The van der Waals surface area contributed by atoms with Gasteiger partial charge < -0.3 is 20.2 Å². The van der Waals surface area contributed by atoms with E-state index in [9.17, 15) is 14.7 Å². The van der Waals surface area contributed by atoms with E-state index in [1.165, 1.54) is 166 Å². The van der Waals surface area contributed by atoms with Crippen LogP contribution in [-0.4, -0.2) is 51.7 Å². The molecule has 736 valence electrons. The van der Waals surface area contributed by atoms with E-state index in [0.717, 1.165) is 168 Å². The Hall–Kier alpha value is -10.8. The van der Waals surface area contributed by atoms with Crippen molar-refractivity contribution in [2.45, 2.75) is 240 Å². The summed E-state index contributed by atoms with van der Waals surface area (Å²) in [4.78, 5) is 50.1. The third-order valence-electron chi connectivity index (χ3n) is 29.5. The van der Waals surface area contributed by atoms with Crippen LogP contribution in [0.1, 0.15) is 271 Å². The van der Waals surface area contributed by atoms with Crippen molar-refractivity contribution >= 4 is 55.2 Å². The molecule has 6 heterocycles. The topological polar surface area (TPSA) is 152 Å². The third-order valence-corrected chi connectivity index (χ3v) is 29.5. The van der Waals surface area contributed by atoms with Gasteiger partial charge in [0.25, 0.3) is 0 Å². The molecule has 0 amide bonds. The molecule has 0 aliphatic heterocycles. The van der Waals surface area contributed by atoms with Crippen LogP contribution in [0.4, 0.5) is 0 Å². The van der Waals surface area contributed by atoms with E-state index in [1.807, 2.05) is 156 Å². The standard InChI is InChI=1S/C23H22N.C22H20N.2C21H18N.C13H24O2.C12H10N.C11H8N.C5H8O2.4Ir/c1-14-9-15(2)11-19(10-14)22-8-7-18-12-20-16-3-5-17(6-4-16)21(20)13-23(18)24-22;1-13-5-14(2)7-19(6-13)21-4-3-16-11-18-10-15-8-17(9-15)20(18)12-22(16)23-21;2*1-2-4-16(5-3-1)20-11-10-17-12-18-14-6-8-15(9-7-14)19(18)13-21(17)22-20;1-5-10(6-2)12(14)9-13(15)11(7-3)8-4;1-10-6-5-9-12(13-10)11-7-3-2-4-8-11;1-2-6-10(7-3-1)11-8-4-5-9-12-11;1-4(6)3-5(2)7;;;;/h7-10,12-13,16-17H,3-6H2,1-2H3;3-6,11-12,15,17H,8-10H2,1-2H3;2*1-4,10-15H,6-9H2;9-11,14H,5-8H2,1-4H3;2-7,9H,1H3;1-6,8-9H;3,6H,1-2H3;;;;/q4*-1;;2*-1;;;;;. The molecule has 4 fully saturated rings. The molecule has 6 aromatic heterocycles. The Morgan fingerprint density at radius 1 is 0.345 bits per heavy atom. The predicted molar refractivity (Wildman–Crippen MR) is 567 cm³/mol. The first-order valence-electron chi connectivity index (χ1n) is 50.5. The third kappa shape index (κ3) is 26.8. The van der Waals surface area contributed by atoms with Crippen molar-refractivity contribution in [3.63, 3.8) is 0 Å². The number of fused-ring (bicyclic) bond motifs is 10. The van der Waals surface area contributed by atoms with Crippen LogP contribution >= 0.6 is 0 Å². The summed E-state index contributed by atoms with van der Waals surface area (Å²) in [5, 5.41) is 23.3. The Morgan fingerprint density at radius 2 is 0.683 bits per heavy atom. The van der Waals surface area contributed by atoms with Crippen LogP contribution in [0, 0.1) is 88.8 Å². The molecule has 10 aromatic carbocycles. The minimum absolute atomic E-state index is 0. The van der Waals surface area contributed by atoms with E-state index >= 15 is 0 Å². The summed E-state index contributed by atoms with van der Waals surface area (Å²) in [6.07, 6.45) is 28.4. The van der Waals surface area contributed by atoms with Crippen LogP contribution in [0.2, 0.25) is 0 Å². The molecule has 10 nitrogen and oxygen atoms in total. The molecule has 12 aliphatic carbocycles. The predicted octanol–water partition coefficient (Wildman–Crippen LogP) is 32.7. The van der Waals surface area contributed by atoms with Crippen molar-refractivity contribution in [1.82, 2.24) is 29.9 Å². The molecule has 14 heteroatoms. The van der Waals surface area contributed by atoms with Gasteiger partial charge in [0.05, 0.1) is 33.6 Å². The molecule has 28 rings (SSSR count). The van der Waals surface area contributed by atoms with Gasteiger partial charge in [-0.25, -0.2) is 0 Å². The monoisotopic (exact) mass is 2580 g/mol. The van der Waals surface area contributed by atoms with Crippen molar-refractivity contribution in [3.05, 3.63) is 394 Å². The van der Waals surface area contributed by atoms with Gasteiger partial charge in [-0.2, -0.15) is 0 Å². The summed E-state index contributed by atoms with van der Waals surface area (Å²) in [5.41, 5.74) is 35.7. The summed E-state index contributed by atoms with van der Waals surface area (Å²) in [5.74, 6) is 6.94. The quantitative estimate of drug-likeness (QED) is 0.0611. The molecule has 8 bridgehead atoms. The SMILES string of the molecule is CC(=O)C=C(C)O.CCC(CC)C(=O)C=C(O)C(CC)CC.Cc1[c-]c(-c2ccc3cc4c(cc3n2)C2CC(C4)C2)cc(C)c1.Cc1[c-]c(-c2ccc3cc4c(cc3n2)C2CCC4CC2)cc(C)c1.Cc1cccc(-c2[c-]cccc2)n1.[Ir].[Ir].[Ir].[Ir].[c-]1ccccc1-c1ccc2cc3c(cc2n1)C1CCC3CC1.[c-]1ccccc1-c1ccc2cc3c(cc2n1)C1CCC3CC1.[c-]1ccccc1-c1ccccn1. The molecule has 2 N–H and O–H groups in total. The van der Waals surface area contributed by atoms with Crippen LogP contribution in [0.3, 0.4) is 0 Å². The van der Waals surface area contributed by atoms with Crippen molar-refractivity contribution in [1.29, 1.82) is 0 Å². The molecule has 4 radical (unpaired) electrons. The number of hydrogen-bond donors (Lipinski definition) is 2. The van der Waals surface area contributed by atoms with Crippen LogP contribution < -0.4 is 0 Å². The van der Waals surface area contributed by atoms with Gasteiger partial charge in [-0.3, -0.25) is 29.5 Å². The van der Waals surface area contributed by atoms with Crippen LogP contribution in [-0.2, 0) is 96.4 Å². The number of nitrogens with zero attached hydrogens (tertiary/aromatic N) is 6. The second-order valence-corrected chi connectivity index (χ2v) is 39.3. The minimum Gasteiger partial charge on any atom is -0.512 e. The normalized spacial score (nSPS) is 17.9. The fourth-order valence-corrected chi connectivity index (χ4v) is 22.3. The summed E-state index contributed by atoms with van der Waals surface area (Å²) in [7, 11) is 0. The number of aliphatic hydroxyl groups is 2. The van der Waals surface area contributed by atoms with Crippen molar-refractivity contribution in [2.75, 3.05) is 0 Å². The van der Waals surface area contributed by atoms with Crippen molar-refractivity contribution in [3.8, 4) is 67.5 Å².